The summed E-state index contributed by atoms with van der Waals surface area (Å²) in [6.45, 7) is 4.86. The molecule has 0 aliphatic carbocycles. The number of hydrogen-bond acceptors (Lipinski definition) is 3. The number of benzene rings is 1. The Kier molecular flexibility index (Phi) is 8.23. The van der Waals surface area contributed by atoms with Crippen LogP contribution in [0.2, 0.25) is 0 Å². The van der Waals surface area contributed by atoms with Gasteiger partial charge in [-0.05, 0) is 71.0 Å². The van der Waals surface area contributed by atoms with Crippen LogP contribution in [0.25, 0.3) is 0 Å². The lowest BCUT2D eigenvalue weighted by molar-refractivity contribution is 0.0209. The molecule has 0 bridgehead atoms. The number of nitrogens with one attached hydrogen (secondary N) is 1. The molecular formula is C19H30F2IN5. The van der Waals surface area contributed by atoms with Crippen molar-refractivity contribution in [2.75, 3.05) is 45.1 Å². The quantitative estimate of drug-likeness (QED) is 0.384. The predicted molar refractivity (Wildman–Crippen MR) is 117 cm³/mol. The van der Waals surface area contributed by atoms with Crippen LogP contribution < -0.4 is 11.1 Å². The summed E-state index contributed by atoms with van der Waals surface area (Å²) in [7, 11) is 2.14. The van der Waals surface area contributed by atoms with Crippen molar-refractivity contribution in [2.24, 2.45) is 10.7 Å². The van der Waals surface area contributed by atoms with E-state index in [1.165, 1.54) is 19.3 Å². The first kappa shape index (κ1) is 22.3. The van der Waals surface area contributed by atoms with Gasteiger partial charge in [-0.1, -0.05) is 6.42 Å². The van der Waals surface area contributed by atoms with E-state index >= 15 is 0 Å². The normalized spacial score (nSPS) is 21.5. The Balaban J connectivity index is 0.00000261. The van der Waals surface area contributed by atoms with E-state index in [1.807, 2.05) is 0 Å². The van der Waals surface area contributed by atoms with Gasteiger partial charge >= 0.3 is 0 Å². The van der Waals surface area contributed by atoms with Gasteiger partial charge < -0.3 is 16.0 Å². The number of nitrogens with zero attached hydrogens (tertiary/aromatic N) is 3. The molecule has 2 aliphatic rings. The molecule has 0 saturated carbocycles. The number of hydrogen-bond donors (Lipinski definition) is 2. The van der Waals surface area contributed by atoms with E-state index in [4.69, 9.17) is 5.73 Å². The van der Waals surface area contributed by atoms with Crippen molar-refractivity contribution in [1.29, 1.82) is 0 Å². The highest BCUT2D eigenvalue weighted by molar-refractivity contribution is 14.0. The number of nitrogens with two attached hydrogens (primary N) is 1. The van der Waals surface area contributed by atoms with Crippen molar-refractivity contribution in [2.45, 2.75) is 37.6 Å². The number of halogens is 3. The minimum absolute atomic E-state index is 0. The molecule has 0 aromatic heterocycles. The Labute approximate surface area is 177 Å². The number of rotatable bonds is 4. The van der Waals surface area contributed by atoms with Gasteiger partial charge in [-0.15, -0.1) is 24.0 Å². The monoisotopic (exact) mass is 493 g/mol. The summed E-state index contributed by atoms with van der Waals surface area (Å²) in [4.78, 5) is 9.44. The van der Waals surface area contributed by atoms with Crippen LogP contribution in [-0.2, 0) is 0 Å². The predicted octanol–water partition coefficient (Wildman–Crippen LogP) is 3.26. The van der Waals surface area contributed by atoms with Crippen molar-refractivity contribution >= 4 is 35.6 Å². The van der Waals surface area contributed by atoms with Crippen LogP contribution in [0.4, 0.5) is 14.5 Å². The summed E-state index contributed by atoms with van der Waals surface area (Å²) in [6.07, 6.45) is 5.84. The van der Waals surface area contributed by atoms with Crippen LogP contribution >= 0.6 is 24.0 Å². The van der Waals surface area contributed by atoms with Gasteiger partial charge in [0.1, 0.15) is 11.6 Å². The van der Waals surface area contributed by atoms with Crippen LogP contribution in [0.1, 0.15) is 32.1 Å². The third-order valence-corrected chi connectivity index (χ3v) is 5.68. The molecule has 27 heavy (non-hydrogen) atoms. The van der Waals surface area contributed by atoms with Crippen molar-refractivity contribution in [1.82, 2.24) is 9.80 Å². The van der Waals surface area contributed by atoms with E-state index in [-0.39, 0.29) is 41.2 Å². The summed E-state index contributed by atoms with van der Waals surface area (Å²) in [6, 6.07) is 3.25. The van der Waals surface area contributed by atoms with Gasteiger partial charge in [0.15, 0.2) is 5.96 Å². The molecule has 1 aromatic carbocycles. The number of aliphatic imine (C=N–C) groups is 1. The molecule has 152 valence electrons. The van der Waals surface area contributed by atoms with Crippen LogP contribution in [0.15, 0.2) is 23.2 Å². The Bertz CT molecular complexity index is 641. The fourth-order valence-electron chi connectivity index (χ4n) is 3.98. The molecule has 0 radical (unpaired) electrons. The van der Waals surface area contributed by atoms with Gasteiger partial charge in [0.25, 0.3) is 0 Å². The molecule has 2 fully saturated rings. The van der Waals surface area contributed by atoms with E-state index in [2.05, 4.69) is 27.2 Å². The van der Waals surface area contributed by atoms with Gasteiger partial charge in [-0.25, -0.2) is 8.78 Å². The first-order valence-corrected chi connectivity index (χ1v) is 9.44. The lowest BCUT2D eigenvalue weighted by Crippen LogP contribution is -2.58. The highest BCUT2D eigenvalue weighted by Gasteiger charge is 2.39. The number of guanidine groups is 1. The molecule has 0 amide bonds. The zero-order valence-corrected chi connectivity index (χ0v) is 18.2. The van der Waals surface area contributed by atoms with Crippen molar-refractivity contribution < 1.29 is 8.78 Å². The highest BCUT2D eigenvalue weighted by atomic mass is 127. The zero-order valence-electron chi connectivity index (χ0n) is 15.9. The summed E-state index contributed by atoms with van der Waals surface area (Å²) in [5.74, 6) is -0.929. The van der Waals surface area contributed by atoms with Crippen LogP contribution in [0.5, 0.6) is 0 Å². The van der Waals surface area contributed by atoms with E-state index < -0.39 is 11.6 Å². The molecule has 0 unspecified atom stereocenters. The van der Waals surface area contributed by atoms with E-state index in [9.17, 15) is 8.78 Å². The molecule has 1 aromatic rings. The zero-order chi connectivity index (χ0) is 18.6. The first-order chi connectivity index (χ1) is 12.5. The van der Waals surface area contributed by atoms with Gasteiger partial charge in [0.05, 0.1) is 12.2 Å². The molecule has 2 aliphatic heterocycles. The standard InChI is InChI=1S/C19H29F2N5.HI/c1-25-11-7-19(8-12-25,26-9-3-2-4-10-26)14-23-18(22)24-17-13-15(20)5-6-16(17)21;/h5-6,13H,2-4,7-12,14H2,1H3,(H3,22,23,24);1H. The van der Waals surface area contributed by atoms with E-state index in [1.54, 1.807) is 0 Å². The summed E-state index contributed by atoms with van der Waals surface area (Å²) in [5, 5.41) is 2.70. The molecular weight excluding hydrogens is 463 g/mol. The number of likely N-dealkylation sites (tertiary alicyclic amines) is 2. The highest BCUT2D eigenvalue weighted by Crippen LogP contribution is 2.31. The molecule has 0 atom stereocenters. The van der Waals surface area contributed by atoms with E-state index in [0.717, 1.165) is 57.2 Å². The molecule has 5 nitrogen and oxygen atoms in total. The van der Waals surface area contributed by atoms with Crippen molar-refractivity contribution in [3.63, 3.8) is 0 Å². The topological polar surface area (TPSA) is 56.9 Å². The Hall–Kier alpha value is -1.00. The largest absolute Gasteiger partial charge is 0.370 e. The Morgan fingerprint density at radius 1 is 1.15 bits per heavy atom. The third-order valence-electron chi connectivity index (χ3n) is 5.68. The summed E-state index contributed by atoms with van der Waals surface area (Å²) in [5.41, 5.74) is 6.01. The first-order valence-electron chi connectivity index (χ1n) is 9.44. The third kappa shape index (κ3) is 5.74. The fraction of sp³-hybridized carbons (Fsp3) is 0.632. The second-order valence-corrected chi connectivity index (χ2v) is 7.53. The second-order valence-electron chi connectivity index (χ2n) is 7.53. The molecule has 8 heteroatoms. The lowest BCUT2D eigenvalue weighted by atomic mass is 9.84. The Morgan fingerprint density at radius 3 is 2.48 bits per heavy atom. The van der Waals surface area contributed by atoms with E-state index in [0.29, 0.717) is 6.54 Å². The SMILES string of the molecule is CN1CCC(CN=C(N)Nc2cc(F)ccc2F)(N2CCCCC2)CC1.I. The van der Waals surface area contributed by atoms with Gasteiger partial charge in [0, 0.05) is 11.6 Å². The van der Waals surface area contributed by atoms with Crippen LogP contribution in [0.3, 0.4) is 0 Å². The van der Waals surface area contributed by atoms with Crippen LogP contribution in [-0.4, -0.2) is 61.1 Å². The minimum Gasteiger partial charge on any atom is -0.370 e. The van der Waals surface area contributed by atoms with Gasteiger partial charge in [0.2, 0.25) is 0 Å². The molecule has 3 N–H and O–H groups in total. The average Bonchev–Trinajstić information content (AvgIpc) is 2.65. The maximum atomic E-state index is 13.8. The van der Waals surface area contributed by atoms with Crippen LogP contribution in [0, 0.1) is 11.6 Å². The maximum Gasteiger partial charge on any atom is 0.193 e. The minimum atomic E-state index is -0.547. The molecule has 2 heterocycles. The Morgan fingerprint density at radius 2 is 1.81 bits per heavy atom. The smallest absolute Gasteiger partial charge is 0.193 e. The molecule has 3 rings (SSSR count). The van der Waals surface area contributed by atoms with Crippen molar-refractivity contribution in [3.05, 3.63) is 29.8 Å². The maximum absolute atomic E-state index is 13.8. The van der Waals surface area contributed by atoms with Gasteiger partial charge in [-0.2, -0.15) is 0 Å². The molecule has 0 spiro atoms. The lowest BCUT2D eigenvalue weighted by Gasteiger charge is -2.49. The fourth-order valence-corrected chi connectivity index (χ4v) is 3.98. The molecule has 2 saturated heterocycles. The second kappa shape index (κ2) is 9.97. The number of piperidine rings is 2. The van der Waals surface area contributed by atoms with Gasteiger partial charge in [-0.3, -0.25) is 9.89 Å². The summed E-state index contributed by atoms with van der Waals surface area (Å²) >= 11 is 0. The summed E-state index contributed by atoms with van der Waals surface area (Å²) < 4.78 is 27.1. The van der Waals surface area contributed by atoms with Crippen molar-refractivity contribution in [3.8, 4) is 0 Å². The number of anilines is 1. The average molecular weight is 493 g/mol.